The molecule has 9 heteroatoms. The standard InChI is InChI=1S/C28H29FN6OS/c1-3-25(36)30-20-5-4-6-21(16-20)31-27-26-24(11-14-37-26)33-28(34-27)32-22-8-7-19(23(29)17-22)15-18-9-12-35(2)13-10-18/h3-8,11,14,16-18H,1,9-10,12-13,15H2,2H3,(H,30,36)(H2,31,32,33,34). The zero-order chi connectivity index (χ0) is 25.8. The van der Waals surface area contributed by atoms with E-state index in [9.17, 15) is 9.18 Å². The van der Waals surface area contributed by atoms with Crippen molar-refractivity contribution in [2.45, 2.75) is 19.3 Å². The van der Waals surface area contributed by atoms with E-state index in [1.807, 2.05) is 41.8 Å². The van der Waals surface area contributed by atoms with Crippen molar-refractivity contribution in [1.29, 1.82) is 0 Å². The predicted octanol–water partition coefficient (Wildman–Crippen LogP) is 6.33. The van der Waals surface area contributed by atoms with Crippen molar-refractivity contribution in [3.63, 3.8) is 0 Å². The summed E-state index contributed by atoms with van der Waals surface area (Å²) in [4.78, 5) is 23.3. The Bertz CT molecular complexity index is 1430. The summed E-state index contributed by atoms with van der Waals surface area (Å²) in [5.41, 5.74) is 3.52. The van der Waals surface area contributed by atoms with Crippen LogP contribution in [0.1, 0.15) is 18.4 Å². The molecule has 0 aliphatic carbocycles. The van der Waals surface area contributed by atoms with Gasteiger partial charge in [0.25, 0.3) is 0 Å². The Kier molecular flexibility index (Phi) is 7.43. The summed E-state index contributed by atoms with van der Waals surface area (Å²) in [6.07, 6.45) is 4.19. The minimum Gasteiger partial charge on any atom is -0.339 e. The van der Waals surface area contributed by atoms with Gasteiger partial charge in [-0.15, -0.1) is 11.3 Å². The molecule has 1 amide bonds. The molecule has 1 saturated heterocycles. The van der Waals surface area contributed by atoms with Crippen LogP contribution in [0.2, 0.25) is 0 Å². The maximum Gasteiger partial charge on any atom is 0.247 e. The third kappa shape index (κ3) is 6.12. The number of halogens is 1. The van der Waals surface area contributed by atoms with Crippen LogP contribution in [0.5, 0.6) is 0 Å². The Labute approximate surface area is 219 Å². The van der Waals surface area contributed by atoms with Gasteiger partial charge in [-0.1, -0.05) is 18.7 Å². The van der Waals surface area contributed by atoms with Gasteiger partial charge in [0, 0.05) is 17.1 Å². The summed E-state index contributed by atoms with van der Waals surface area (Å²) in [5, 5.41) is 11.2. The number of anilines is 5. The van der Waals surface area contributed by atoms with Gasteiger partial charge in [0.15, 0.2) is 5.82 Å². The summed E-state index contributed by atoms with van der Waals surface area (Å²) in [6.45, 7) is 5.62. The van der Waals surface area contributed by atoms with Crippen molar-refractivity contribution in [3.05, 3.63) is 77.9 Å². The molecular weight excluding hydrogens is 487 g/mol. The van der Waals surface area contributed by atoms with Gasteiger partial charge in [0.1, 0.15) is 5.82 Å². The smallest absolute Gasteiger partial charge is 0.247 e. The number of fused-ring (bicyclic) bond motifs is 1. The average Bonchev–Trinajstić information content (AvgIpc) is 3.36. The van der Waals surface area contributed by atoms with E-state index >= 15 is 0 Å². The van der Waals surface area contributed by atoms with Gasteiger partial charge in [0.05, 0.1) is 10.2 Å². The highest BCUT2D eigenvalue weighted by atomic mass is 32.1. The fourth-order valence-electron chi connectivity index (χ4n) is 4.51. The number of aromatic nitrogens is 2. The first-order valence-corrected chi connectivity index (χ1v) is 13.1. The fourth-order valence-corrected chi connectivity index (χ4v) is 5.28. The van der Waals surface area contributed by atoms with Crippen LogP contribution < -0.4 is 16.0 Å². The molecule has 0 bridgehead atoms. The van der Waals surface area contributed by atoms with Gasteiger partial charge < -0.3 is 20.9 Å². The highest BCUT2D eigenvalue weighted by Gasteiger charge is 2.19. The van der Waals surface area contributed by atoms with Gasteiger partial charge in [-0.3, -0.25) is 4.79 Å². The van der Waals surface area contributed by atoms with Crippen LogP contribution in [0.3, 0.4) is 0 Å². The zero-order valence-electron chi connectivity index (χ0n) is 20.6. The number of rotatable bonds is 8. The second-order valence-corrected chi connectivity index (χ2v) is 10.2. The maximum atomic E-state index is 15.0. The van der Waals surface area contributed by atoms with Gasteiger partial charge in [-0.2, -0.15) is 4.98 Å². The van der Waals surface area contributed by atoms with Gasteiger partial charge in [-0.05, 0) is 98.7 Å². The number of carbonyl (C=O) groups is 1. The molecule has 2 aromatic heterocycles. The lowest BCUT2D eigenvalue weighted by atomic mass is 9.90. The molecule has 2 aromatic carbocycles. The van der Waals surface area contributed by atoms with Crippen LogP contribution in [0.15, 0.2) is 66.6 Å². The summed E-state index contributed by atoms with van der Waals surface area (Å²) in [5.74, 6) is 1.01. The Balaban J connectivity index is 1.33. The molecule has 0 spiro atoms. The third-order valence-electron chi connectivity index (χ3n) is 6.54. The molecule has 7 nitrogen and oxygen atoms in total. The number of benzene rings is 2. The molecule has 5 rings (SSSR count). The number of nitrogens with one attached hydrogen (secondary N) is 3. The Morgan fingerprint density at radius 1 is 1.11 bits per heavy atom. The van der Waals surface area contributed by atoms with E-state index in [1.165, 1.54) is 23.5 Å². The summed E-state index contributed by atoms with van der Waals surface area (Å²) >= 11 is 1.53. The van der Waals surface area contributed by atoms with Crippen LogP contribution >= 0.6 is 11.3 Å². The maximum absolute atomic E-state index is 15.0. The number of carbonyl (C=O) groups excluding carboxylic acids is 1. The third-order valence-corrected chi connectivity index (χ3v) is 7.45. The van der Waals surface area contributed by atoms with E-state index in [-0.39, 0.29) is 11.7 Å². The number of likely N-dealkylation sites (tertiary alicyclic amines) is 1. The molecule has 3 N–H and O–H groups in total. The highest BCUT2D eigenvalue weighted by Crippen LogP contribution is 2.31. The first-order chi connectivity index (χ1) is 18.0. The van der Waals surface area contributed by atoms with Gasteiger partial charge in [0.2, 0.25) is 11.9 Å². The molecule has 37 heavy (non-hydrogen) atoms. The lowest BCUT2D eigenvalue weighted by Crippen LogP contribution is -2.31. The van der Waals surface area contributed by atoms with E-state index < -0.39 is 0 Å². The second-order valence-electron chi connectivity index (χ2n) is 9.31. The normalized spacial score (nSPS) is 14.4. The molecule has 4 aromatic rings. The number of amides is 1. The molecule has 0 saturated carbocycles. The van der Waals surface area contributed by atoms with Crippen LogP contribution in [0, 0.1) is 11.7 Å². The van der Waals surface area contributed by atoms with E-state index in [0.717, 1.165) is 53.8 Å². The van der Waals surface area contributed by atoms with E-state index in [0.29, 0.717) is 29.1 Å². The molecule has 190 valence electrons. The molecule has 0 radical (unpaired) electrons. The van der Waals surface area contributed by atoms with E-state index in [1.54, 1.807) is 6.07 Å². The Morgan fingerprint density at radius 2 is 1.89 bits per heavy atom. The number of hydrogen-bond acceptors (Lipinski definition) is 7. The highest BCUT2D eigenvalue weighted by molar-refractivity contribution is 7.17. The van der Waals surface area contributed by atoms with E-state index in [2.05, 4.69) is 44.4 Å². The minimum atomic E-state index is -0.282. The van der Waals surface area contributed by atoms with E-state index in [4.69, 9.17) is 0 Å². The number of thiophene rings is 1. The number of nitrogens with zero attached hydrogens (tertiary/aromatic N) is 3. The molecule has 0 atom stereocenters. The van der Waals surface area contributed by atoms with Crippen LogP contribution in [-0.4, -0.2) is 40.9 Å². The quantitative estimate of drug-likeness (QED) is 0.238. The van der Waals surface area contributed by atoms with Crippen molar-refractivity contribution in [2.24, 2.45) is 5.92 Å². The minimum absolute atomic E-state index is 0.211. The summed E-state index contributed by atoms with van der Waals surface area (Å²) < 4.78 is 15.9. The number of piperidine rings is 1. The van der Waals surface area contributed by atoms with Crippen LogP contribution in [0.4, 0.5) is 33.2 Å². The van der Waals surface area contributed by atoms with Crippen molar-refractivity contribution < 1.29 is 9.18 Å². The zero-order valence-corrected chi connectivity index (χ0v) is 21.4. The molecule has 1 aliphatic rings. The summed E-state index contributed by atoms with van der Waals surface area (Å²) in [6, 6.07) is 14.5. The largest absolute Gasteiger partial charge is 0.339 e. The second kappa shape index (κ2) is 11.1. The van der Waals surface area contributed by atoms with Gasteiger partial charge in [-0.25, -0.2) is 9.37 Å². The lowest BCUT2D eigenvalue weighted by Gasteiger charge is -2.29. The molecule has 0 unspecified atom stereocenters. The molecule has 3 heterocycles. The Hall–Kier alpha value is -3.82. The van der Waals surface area contributed by atoms with Crippen LogP contribution in [0.25, 0.3) is 10.2 Å². The van der Waals surface area contributed by atoms with Gasteiger partial charge >= 0.3 is 0 Å². The molecule has 1 aliphatic heterocycles. The molecule has 1 fully saturated rings. The summed E-state index contributed by atoms with van der Waals surface area (Å²) in [7, 11) is 2.13. The Morgan fingerprint density at radius 3 is 2.68 bits per heavy atom. The fraction of sp³-hybridized carbons (Fsp3) is 0.250. The lowest BCUT2D eigenvalue weighted by molar-refractivity contribution is -0.111. The first-order valence-electron chi connectivity index (χ1n) is 12.3. The first kappa shape index (κ1) is 24.9. The average molecular weight is 517 g/mol. The van der Waals surface area contributed by atoms with Crippen molar-refractivity contribution >= 4 is 56.3 Å². The molecular formula is C28H29FN6OS. The number of hydrogen-bond donors (Lipinski definition) is 3. The van der Waals surface area contributed by atoms with Crippen molar-refractivity contribution in [3.8, 4) is 0 Å². The monoisotopic (exact) mass is 516 g/mol. The van der Waals surface area contributed by atoms with Crippen LogP contribution in [-0.2, 0) is 11.2 Å². The predicted molar refractivity (Wildman–Crippen MR) is 150 cm³/mol. The SMILES string of the molecule is C=CC(=O)Nc1cccc(Nc2nc(Nc3ccc(CC4CCN(C)CC4)c(F)c3)nc3ccsc23)c1. The topological polar surface area (TPSA) is 82.2 Å². The van der Waals surface area contributed by atoms with Crippen molar-refractivity contribution in [2.75, 3.05) is 36.1 Å². The van der Waals surface area contributed by atoms with Crippen molar-refractivity contribution in [1.82, 2.24) is 14.9 Å².